The Bertz CT molecular complexity index is 583. The molecule has 0 spiro atoms. The molecule has 0 fully saturated rings. The molecule has 84 valence electrons. The second-order valence-electron chi connectivity index (χ2n) is 4.58. The van der Waals surface area contributed by atoms with Crippen LogP contribution < -0.4 is 0 Å². The second kappa shape index (κ2) is 3.55. The van der Waals surface area contributed by atoms with Crippen LogP contribution in [0.3, 0.4) is 0 Å². The van der Waals surface area contributed by atoms with Crippen LogP contribution in [0.1, 0.15) is 33.8 Å². The molecule has 2 aromatic rings. The molecule has 0 amide bonds. The quantitative estimate of drug-likeness (QED) is 0.671. The number of rotatable bonds is 0. The van der Waals surface area contributed by atoms with E-state index < -0.39 is 0 Å². The first-order valence-electron chi connectivity index (χ1n) is 5.64. The van der Waals surface area contributed by atoms with Gasteiger partial charge in [0.25, 0.3) is 0 Å². The van der Waals surface area contributed by atoms with Gasteiger partial charge in [0.15, 0.2) is 0 Å². The van der Waals surface area contributed by atoms with Crippen molar-refractivity contribution in [2.75, 3.05) is 0 Å². The third-order valence-electron chi connectivity index (χ3n) is 3.62. The Morgan fingerprint density at radius 3 is 1.81 bits per heavy atom. The Balaban J connectivity index is 3.08. The zero-order chi connectivity index (χ0) is 12.0. The number of benzene rings is 1. The smallest absolute Gasteiger partial charge is 0.126 e. The van der Waals surface area contributed by atoms with Gasteiger partial charge in [-0.2, -0.15) is 0 Å². The van der Waals surface area contributed by atoms with Crippen LogP contribution in [0.2, 0.25) is 0 Å². The predicted octanol–water partition coefficient (Wildman–Crippen LogP) is 3.48. The van der Waals surface area contributed by atoms with Gasteiger partial charge in [0.1, 0.15) is 5.82 Å². The first kappa shape index (κ1) is 11.1. The van der Waals surface area contributed by atoms with Crippen molar-refractivity contribution in [1.29, 1.82) is 0 Å². The maximum absolute atomic E-state index is 4.59. The number of hydrogen-bond acceptors (Lipinski definition) is 2. The average molecular weight is 214 g/mol. The lowest BCUT2D eigenvalue weighted by molar-refractivity contribution is 1.04. The van der Waals surface area contributed by atoms with Gasteiger partial charge in [0, 0.05) is 11.1 Å². The summed E-state index contributed by atoms with van der Waals surface area (Å²) in [6.07, 6.45) is 0. The minimum absolute atomic E-state index is 0.857. The lowest BCUT2D eigenvalue weighted by Crippen LogP contribution is -2.01. The summed E-state index contributed by atoms with van der Waals surface area (Å²) in [5.74, 6) is 0.857. The average Bonchev–Trinajstić information content (AvgIpc) is 2.22. The molecule has 0 saturated carbocycles. The highest BCUT2D eigenvalue weighted by Crippen LogP contribution is 2.29. The second-order valence-corrected chi connectivity index (χ2v) is 4.58. The minimum Gasteiger partial charge on any atom is -0.238 e. The Morgan fingerprint density at radius 2 is 1.19 bits per heavy atom. The summed E-state index contributed by atoms with van der Waals surface area (Å²) < 4.78 is 0. The van der Waals surface area contributed by atoms with E-state index in [-0.39, 0.29) is 0 Å². The Kier molecular flexibility index (Phi) is 2.45. The third-order valence-corrected chi connectivity index (χ3v) is 3.62. The normalized spacial score (nSPS) is 11.1. The molecule has 0 radical (unpaired) electrons. The monoisotopic (exact) mass is 214 g/mol. The maximum Gasteiger partial charge on any atom is 0.126 e. The standard InChI is InChI=1S/C14H18N2/c1-7-8(2)10(4)14-13(9(7)3)11(5)15-12(6)16-14/h1-6H3. The van der Waals surface area contributed by atoms with Crippen LogP contribution in [0.4, 0.5) is 0 Å². The molecule has 0 aliphatic carbocycles. The van der Waals surface area contributed by atoms with Gasteiger partial charge in [0.05, 0.1) is 5.52 Å². The van der Waals surface area contributed by atoms with Crippen LogP contribution in [0.5, 0.6) is 0 Å². The summed E-state index contributed by atoms with van der Waals surface area (Å²) >= 11 is 0. The lowest BCUT2D eigenvalue weighted by Gasteiger charge is -2.14. The molecule has 2 rings (SSSR count). The molecule has 0 N–H and O–H groups in total. The molecule has 16 heavy (non-hydrogen) atoms. The van der Waals surface area contributed by atoms with Gasteiger partial charge in [0.2, 0.25) is 0 Å². The van der Waals surface area contributed by atoms with E-state index in [1.54, 1.807) is 0 Å². The number of nitrogens with zero attached hydrogens (tertiary/aromatic N) is 2. The molecule has 1 heterocycles. The molecule has 2 nitrogen and oxygen atoms in total. The van der Waals surface area contributed by atoms with Crippen LogP contribution in [0.15, 0.2) is 0 Å². The van der Waals surface area contributed by atoms with Gasteiger partial charge >= 0.3 is 0 Å². The topological polar surface area (TPSA) is 25.8 Å². The first-order valence-corrected chi connectivity index (χ1v) is 5.64. The Morgan fingerprint density at radius 1 is 0.625 bits per heavy atom. The van der Waals surface area contributed by atoms with Crippen molar-refractivity contribution in [1.82, 2.24) is 9.97 Å². The number of aromatic nitrogens is 2. The van der Waals surface area contributed by atoms with E-state index in [9.17, 15) is 0 Å². The van der Waals surface area contributed by atoms with Crippen molar-refractivity contribution in [2.24, 2.45) is 0 Å². The summed E-state index contributed by atoms with van der Waals surface area (Å²) in [6.45, 7) is 12.7. The van der Waals surface area contributed by atoms with Gasteiger partial charge in [-0.3, -0.25) is 0 Å². The third kappa shape index (κ3) is 1.41. The van der Waals surface area contributed by atoms with E-state index in [1.165, 1.54) is 27.6 Å². The first-order chi connectivity index (χ1) is 7.43. The molecular formula is C14H18N2. The fourth-order valence-corrected chi connectivity index (χ4v) is 2.36. The van der Waals surface area contributed by atoms with Crippen LogP contribution in [0, 0.1) is 41.5 Å². The summed E-state index contributed by atoms with van der Waals surface area (Å²) in [6, 6.07) is 0. The van der Waals surface area contributed by atoms with Crippen LogP contribution in [-0.2, 0) is 0 Å². The minimum atomic E-state index is 0.857. The van der Waals surface area contributed by atoms with Gasteiger partial charge in [-0.15, -0.1) is 0 Å². The van der Waals surface area contributed by atoms with Crippen LogP contribution >= 0.6 is 0 Å². The van der Waals surface area contributed by atoms with Crippen molar-refractivity contribution in [3.8, 4) is 0 Å². The van der Waals surface area contributed by atoms with Crippen LogP contribution in [-0.4, -0.2) is 9.97 Å². The van der Waals surface area contributed by atoms with Gasteiger partial charge in [-0.25, -0.2) is 9.97 Å². The molecule has 2 heteroatoms. The molecule has 1 aromatic carbocycles. The molecule has 0 atom stereocenters. The highest BCUT2D eigenvalue weighted by molar-refractivity contribution is 5.89. The Labute approximate surface area is 96.7 Å². The van der Waals surface area contributed by atoms with E-state index in [0.717, 1.165) is 17.0 Å². The number of fused-ring (bicyclic) bond motifs is 1. The SMILES string of the molecule is Cc1nc(C)c2c(C)c(C)c(C)c(C)c2n1. The van der Waals surface area contributed by atoms with Crippen molar-refractivity contribution in [2.45, 2.75) is 41.5 Å². The van der Waals surface area contributed by atoms with E-state index in [2.05, 4.69) is 44.6 Å². The lowest BCUT2D eigenvalue weighted by atomic mass is 9.94. The van der Waals surface area contributed by atoms with Crippen molar-refractivity contribution in [3.63, 3.8) is 0 Å². The van der Waals surface area contributed by atoms with Gasteiger partial charge < -0.3 is 0 Å². The molecular weight excluding hydrogens is 196 g/mol. The van der Waals surface area contributed by atoms with Crippen molar-refractivity contribution >= 4 is 10.9 Å². The molecule has 0 saturated heterocycles. The van der Waals surface area contributed by atoms with Crippen molar-refractivity contribution in [3.05, 3.63) is 33.8 Å². The van der Waals surface area contributed by atoms with Gasteiger partial charge in [-0.1, -0.05) is 0 Å². The molecule has 0 aliphatic heterocycles. The molecule has 0 aliphatic rings. The maximum atomic E-state index is 4.59. The molecule has 0 unspecified atom stereocenters. The fraction of sp³-hybridized carbons (Fsp3) is 0.429. The largest absolute Gasteiger partial charge is 0.238 e. The molecule has 0 bridgehead atoms. The summed E-state index contributed by atoms with van der Waals surface area (Å²) in [4.78, 5) is 9.05. The number of hydrogen-bond donors (Lipinski definition) is 0. The van der Waals surface area contributed by atoms with E-state index >= 15 is 0 Å². The van der Waals surface area contributed by atoms with Gasteiger partial charge in [-0.05, 0) is 63.8 Å². The van der Waals surface area contributed by atoms with Crippen molar-refractivity contribution < 1.29 is 0 Å². The van der Waals surface area contributed by atoms with Crippen LogP contribution in [0.25, 0.3) is 10.9 Å². The molecule has 1 aromatic heterocycles. The van der Waals surface area contributed by atoms with E-state index in [1.807, 2.05) is 6.92 Å². The Hall–Kier alpha value is -1.44. The summed E-state index contributed by atoms with van der Waals surface area (Å²) in [7, 11) is 0. The van der Waals surface area contributed by atoms with E-state index in [4.69, 9.17) is 0 Å². The number of aryl methyl sites for hydroxylation is 4. The van der Waals surface area contributed by atoms with E-state index in [0.29, 0.717) is 0 Å². The highest BCUT2D eigenvalue weighted by Gasteiger charge is 2.12. The zero-order valence-electron chi connectivity index (χ0n) is 10.9. The predicted molar refractivity (Wildman–Crippen MR) is 68.0 cm³/mol. The highest BCUT2D eigenvalue weighted by atomic mass is 14.9. The zero-order valence-corrected chi connectivity index (χ0v) is 10.9. The summed E-state index contributed by atoms with van der Waals surface area (Å²) in [5, 5.41) is 1.23. The fourth-order valence-electron chi connectivity index (χ4n) is 2.36. The summed E-state index contributed by atoms with van der Waals surface area (Å²) in [5.41, 5.74) is 7.52.